The van der Waals surface area contributed by atoms with E-state index in [9.17, 15) is 4.79 Å². The normalized spacial score (nSPS) is 11.7. The van der Waals surface area contributed by atoms with Crippen LogP contribution in [0.15, 0.2) is 23.4 Å². The number of hydrogen-bond donors (Lipinski definition) is 4. The van der Waals surface area contributed by atoms with Crippen LogP contribution < -0.4 is 16.4 Å². The number of rotatable bonds is 7. The topological polar surface area (TPSA) is 99.7 Å². The van der Waals surface area contributed by atoms with Crippen molar-refractivity contribution < 1.29 is 10.0 Å². The van der Waals surface area contributed by atoms with Gasteiger partial charge in [0.05, 0.1) is 6.54 Å². The Morgan fingerprint density at radius 1 is 1.48 bits per heavy atom. The number of oxime groups is 1. The minimum absolute atomic E-state index is 0.00414. The van der Waals surface area contributed by atoms with Crippen LogP contribution in [0.3, 0.4) is 0 Å². The lowest BCUT2D eigenvalue weighted by atomic mass is 10.1. The second-order valence-corrected chi connectivity index (χ2v) is 5.50. The molecule has 6 nitrogen and oxygen atoms in total. The van der Waals surface area contributed by atoms with Gasteiger partial charge in [0.25, 0.3) is 0 Å². The van der Waals surface area contributed by atoms with E-state index in [-0.39, 0.29) is 18.3 Å². The molecule has 7 heteroatoms. The Morgan fingerprint density at radius 2 is 2.19 bits per heavy atom. The fourth-order valence-electron chi connectivity index (χ4n) is 1.60. The second-order valence-electron chi connectivity index (χ2n) is 5.09. The average molecular weight is 313 g/mol. The average Bonchev–Trinajstić information content (AvgIpc) is 2.45. The Bertz CT molecular complexity index is 518. The van der Waals surface area contributed by atoms with E-state index in [2.05, 4.69) is 15.8 Å². The number of hydrogen-bond acceptors (Lipinski definition) is 4. The molecule has 1 rings (SSSR count). The molecule has 0 atom stereocenters. The fourth-order valence-corrected chi connectivity index (χ4v) is 1.85. The van der Waals surface area contributed by atoms with Crippen molar-refractivity contribution in [1.82, 2.24) is 10.6 Å². The van der Waals surface area contributed by atoms with E-state index in [0.29, 0.717) is 29.6 Å². The van der Waals surface area contributed by atoms with Crippen molar-refractivity contribution in [3.63, 3.8) is 0 Å². The van der Waals surface area contributed by atoms with Crippen molar-refractivity contribution in [1.29, 1.82) is 0 Å². The van der Waals surface area contributed by atoms with Crippen molar-refractivity contribution in [2.24, 2.45) is 16.8 Å². The number of carbonyl (C=O) groups excluding carboxylic acids is 1. The first kappa shape index (κ1) is 17.3. The van der Waals surface area contributed by atoms with Crippen LogP contribution in [0.2, 0.25) is 5.02 Å². The standard InChI is InChI=1S/C14H21ClN4O2/c1-9(2)6-18-13(20)8-17-7-11-4-3-10(5-12(11)15)14(16)19-21/h3-5,9,17,21H,6-8H2,1-2H3,(H2,16,19)(H,18,20). The highest BCUT2D eigenvalue weighted by Gasteiger charge is 2.06. The van der Waals surface area contributed by atoms with Gasteiger partial charge in [-0.1, -0.05) is 42.7 Å². The van der Waals surface area contributed by atoms with E-state index >= 15 is 0 Å². The molecule has 0 unspecified atom stereocenters. The van der Waals surface area contributed by atoms with Crippen molar-refractivity contribution in [3.8, 4) is 0 Å². The summed E-state index contributed by atoms with van der Waals surface area (Å²) in [5.41, 5.74) is 6.86. The predicted molar refractivity (Wildman–Crippen MR) is 83.5 cm³/mol. The number of nitrogens with one attached hydrogen (secondary N) is 2. The summed E-state index contributed by atoms with van der Waals surface area (Å²) in [4.78, 5) is 11.5. The SMILES string of the molecule is CC(C)CNC(=O)CNCc1ccc(/C(N)=N/O)cc1Cl. The molecule has 5 N–H and O–H groups in total. The van der Waals surface area contributed by atoms with Crippen LogP contribution in [0.25, 0.3) is 0 Å². The van der Waals surface area contributed by atoms with E-state index in [1.54, 1.807) is 18.2 Å². The molecule has 0 heterocycles. The quantitative estimate of drug-likeness (QED) is 0.264. The summed E-state index contributed by atoms with van der Waals surface area (Å²) < 4.78 is 0. The predicted octanol–water partition coefficient (Wildman–Crippen LogP) is 1.30. The summed E-state index contributed by atoms with van der Waals surface area (Å²) in [6.07, 6.45) is 0. The second kappa shape index (κ2) is 8.49. The zero-order valence-corrected chi connectivity index (χ0v) is 12.9. The van der Waals surface area contributed by atoms with Gasteiger partial charge < -0.3 is 21.6 Å². The van der Waals surface area contributed by atoms with Crippen LogP contribution in [0.4, 0.5) is 0 Å². The van der Waals surface area contributed by atoms with Gasteiger partial charge in [-0.15, -0.1) is 0 Å². The van der Waals surface area contributed by atoms with E-state index in [1.165, 1.54) is 0 Å². The highest BCUT2D eigenvalue weighted by Crippen LogP contribution is 2.17. The van der Waals surface area contributed by atoms with Gasteiger partial charge in [-0.2, -0.15) is 0 Å². The summed E-state index contributed by atoms with van der Waals surface area (Å²) >= 11 is 6.12. The summed E-state index contributed by atoms with van der Waals surface area (Å²) in [5, 5.41) is 17.9. The molecule has 1 aromatic rings. The molecule has 1 amide bonds. The highest BCUT2D eigenvalue weighted by atomic mass is 35.5. The van der Waals surface area contributed by atoms with Gasteiger partial charge >= 0.3 is 0 Å². The maximum absolute atomic E-state index is 11.5. The lowest BCUT2D eigenvalue weighted by Crippen LogP contribution is -2.35. The monoisotopic (exact) mass is 312 g/mol. The Kier molecular flexibility index (Phi) is 6.98. The lowest BCUT2D eigenvalue weighted by Gasteiger charge is -2.10. The van der Waals surface area contributed by atoms with Crippen molar-refractivity contribution in [2.75, 3.05) is 13.1 Å². The Hall–Kier alpha value is -1.79. The van der Waals surface area contributed by atoms with Crippen LogP contribution in [-0.2, 0) is 11.3 Å². The molecule has 0 aromatic heterocycles. The van der Waals surface area contributed by atoms with E-state index in [0.717, 1.165) is 5.56 Å². The van der Waals surface area contributed by atoms with E-state index < -0.39 is 0 Å². The van der Waals surface area contributed by atoms with Crippen molar-refractivity contribution in [3.05, 3.63) is 34.3 Å². The van der Waals surface area contributed by atoms with Crippen molar-refractivity contribution in [2.45, 2.75) is 20.4 Å². The van der Waals surface area contributed by atoms with Crippen molar-refractivity contribution >= 4 is 23.3 Å². The Balaban J connectivity index is 2.47. The van der Waals surface area contributed by atoms with Gasteiger partial charge in [-0.05, 0) is 17.5 Å². The number of amides is 1. The zero-order valence-electron chi connectivity index (χ0n) is 12.2. The molecular formula is C14H21ClN4O2. The fraction of sp³-hybridized carbons (Fsp3) is 0.429. The van der Waals surface area contributed by atoms with Gasteiger partial charge in [0.1, 0.15) is 0 Å². The van der Waals surface area contributed by atoms with Gasteiger partial charge in [-0.25, -0.2) is 0 Å². The molecule has 0 fully saturated rings. The third-order valence-electron chi connectivity index (χ3n) is 2.77. The van der Waals surface area contributed by atoms with E-state index in [4.69, 9.17) is 22.5 Å². The van der Waals surface area contributed by atoms with Crippen LogP contribution >= 0.6 is 11.6 Å². The molecule has 0 aliphatic rings. The Morgan fingerprint density at radius 3 is 2.76 bits per heavy atom. The number of benzene rings is 1. The van der Waals surface area contributed by atoms with Crippen LogP contribution in [0.5, 0.6) is 0 Å². The van der Waals surface area contributed by atoms with Crippen LogP contribution in [0, 0.1) is 5.92 Å². The maximum Gasteiger partial charge on any atom is 0.233 e. The molecule has 0 aliphatic heterocycles. The summed E-state index contributed by atoms with van der Waals surface area (Å²) in [6, 6.07) is 5.10. The molecular weight excluding hydrogens is 292 g/mol. The zero-order chi connectivity index (χ0) is 15.8. The number of nitrogens with two attached hydrogens (primary N) is 1. The summed E-state index contributed by atoms with van der Waals surface area (Å²) in [6.45, 7) is 5.43. The Labute approximate surface area is 129 Å². The first-order chi connectivity index (χ1) is 9.93. The molecule has 0 bridgehead atoms. The minimum atomic E-state index is -0.0481. The molecule has 0 saturated carbocycles. The molecule has 0 spiro atoms. The summed E-state index contributed by atoms with van der Waals surface area (Å²) in [7, 11) is 0. The molecule has 0 aliphatic carbocycles. The van der Waals surface area contributed by atoms with Crippen LogP contribution in [0.1, 0.15) is 25.0 Å². The van der Waals surface area contributed by atoms with Gasteiger partial charge in [0, 0.05) is 23.7 Å². The molecule has 21 heavy (non-hydrogen) atoms. The minimum Gasteiger partial charge on any atom is -0.409 e. The maximum atomic E-state index is 11.5. The van der Waals surface area contributed by atoms with Gasteiger partial charge in [0.2, 0.25) is 5.91 Å². The lowest BCUT2D eigenvalue weighted by molar-refractivity contribution is -0.120. The summed E-state index contributed by atoms with van der Waals surface area (Å²) in [5.74, 6) is 0.382. The number of nitrogens with zero attached hydrogens (tertiary/aromatic N) is 1. The molecule has 0 radical (unpaired) electrons. The smallest absolute Gasteiger partial charge is 0.233 e. The first-order valence-corrected chi connectivity index (χ1v) is 7.05. The number of halogens is 1. The number of carbonyl (C=O) groups is 1. The first-order valence-electron chi connectivity index (χ1n) is 6.67. The third-order valence-corrected chi connectivity index (χ3v) is 3.12. The third kappa shape index (κ3) is 6.01. The molecule has 1 aromatic carbocycles. The molecule has 0 saturated heterocycles. The van der Waals surface area contributed by atoms with Gasteiger partial charge in [0.15, 0.2) is 5.84 Å². The molecule has 116 valence electrons. The largest absolute Gasteiger partial charge is 0.409 e. The van der Waals surface area contributed by atoms with Crippen LogP contribution in [-0.4, -0.2) is 30.0 Å². The van der Waals surface area contributed by atoms with E-state index in [1.807, 2.05) is 13.8 Å². The number of amidine groups is 1. The van der Waals surface area contributed by atoms with Gasteiger partial charge in [-0.3, -0.25) is 4.79 Å². The highest BCUT2D eigenvalue weighted by molar-refractivity contribution is 6.31.